The van der Waals surface area contributed by atoms with Crippen LogP contribution >= 0.6 is 23.4 Å². The minimum absolute atomic E-state index is 0.338. The molecule has 0 aliphatic carbocycles. The number of quaternary nitrogens is 1. The first-order chi connectivity index (χ1) is 19.3. The molecular formula is C29H34ClN4O5S+. The van der Waals surface area contributed by atoms with Crippen LogP contribution in [-0.2, 0) is 4.74 Å². The third-order valence-corrected chi connectivity index (χ3v) is 10.3. The number of carbonyl (C=O) groups is 1. The first-order valence-corrected chi connectivity index (χ1v) is 15.2. The Kier molecular flexibility index (Phi) is 7.56. The first kappa shape index (κ1) is 27.5. The Hall–Kier alpha value is -2.63. The Balaban J connectivity index is 1.15. The maximum atomic E-state index is 14.8. The minimum atomic E-state index is -0.950. The summed E-state index contributed by atoms with van der Waals surface area (Å²) in [6, 6.07) is 14.6. The van der Waals surface area contributed by atoms with Gasteiger partial charge in [-0.1, -0.05) is 23.7 Å². The van der Waals surface area contributed by atoms with Gasteiger partial charge >= 0.3 is 12.1 Å². The Labute approximate surface area is 243 Å². The van der Waals surface area contributed by atoms with E-state index in [1.54, 1.807) is 37.5 Å². The third kappa shape index (κ3) is 4.69. The molecule has 4 atom stereocenters. The molecule has 9 nitrogen and oxygen atoms in total. The van der Waals surface area contributed by atoms with Crippen molar-refractivity contribution in [1.82, 2.24) is 4.90 Å². The van der Waals surface area contributed by atoms with Crippen LogP contribution in [0.25, 0.3) is 0 Å². The van der Waals surface area contributed by atoms with Gasteiger partial charge in [0.25, 0.3) is 5.03 Å². The smallest absolute Gasteiger partial charge is 0.338 e. The molecule has 0 radical (unpaired) electrons. The lowest BCUT2D eigenvalue weighted by molar-refractivity contribution is -1.03. The van der Waals surface area contributed by atoms with Gasteiger partial charge in [0.1, 0.15) is 5.75 Å². The molecule has 2 aromatic rings. The fraction of sp³-hybridized carbons (Fsp3) is 0.483. The molecule has 4 aliphatic heterocycles. The number of benzene rings is 2. The number of methoxy groups -OCH3 is 1. The van der Waals surface area contributed by atoms with Gasteiger partial charge < -0.3 is 19.6 Å². The predicted octanol–water partition coefficient (Wildman–Crippen LogP) is 4.64. The average Bonchev–Trinajstić information content (AvgIpc) is 3.40. The maximum Gasteiger partial charge on any atom is 0.338 e. The number of thioether (sulfide) groups is 1. The number of ether oxygens (including phenoxy) is 2. The number of esters is 1. The van der Waals surface area contributed by atoms with E-state index in [2.05, 4.69) is 15.9 Å². The number of piperazine rings is 1. The topological polar surface area (TPSA) is 85.1 Å². The first-order valence-electron chi connectivity index (χ1n) is 13.8. The summed E-state index contributed by atoms with van der Waals surface area (Å²) >= 11 is 7.39. The minimum Gasteiger partial charge on any atom is -0.627 e. The van der Waals surface area contributed by atoms with E-state index in [1.165, 1.54) is 11.8 Å². The number of piperidine rings is 1. The number of para-hydroxylation sites is 2. The van der Waals surface area contributed by atoms with Gasteiger partial charge in [-0.3, -0.25) is 9.55 Å². The van der Waals surface area contributed by atoms with Crippen molar-refractivity contribution in [3.8, 4) is 5.75 Å². The van der Waals surface area contributed by atoms with E-state index in [-0.39, 0.29) is 0 Å². The zero-order chi connectivity index (χ0) is 27.9. The average molecular weight is 586 g/mol. The van der Waals surface area contributed by atoms with Crippen LogP contribution < -0.4 is 9.64 Å². The highest BCUT2D eigenvalue weighted by atomic mass is 35.5. The van der Waals surface area contributed by atoms with Crippen molar-refractivity contribution >= 4 is 35.0 Å². The van der Waals surface area contributed by atoms with E-state index in [0.29, 0.717) is 53.7 Å². The van der Waals surface area contributed by atoms with E-state index in [4.69, 9.17) is 21.1 Å². The molecule has 4 unspecified atom stereocenters. The number of hydrogen-bond acceptors (Lipinski definition) is 8. The molecule has 40 heavy (non-hydrogen) atoms. The largest absolute Gasteiger partial charge is 0.627 e. The predicted molar refractivity (Wildman–Crippen MR) is 155 cm³/mol. The summed E-state index contributed by atoms with van der Waals surface area (Å²) in [4.78, 5) is 31.1. The van der Waals surface area contributed by atoms with Gasteiger partial charge in [-0.2, -0.15) is 0 Å². The summed E-state index contributed by atoms with van der Waals surface area (Å²) in [6.07, 6.45) is 2.10. The number of carbonyl (C=O) groups excluding carboxylic acids is 1. The number of anilines is 1. The molecule has 4 aliphatic rings. The molecule has 1 spiro atoms. The highest BCUT2D eigenvalue weighted by Crippen LogP contribution is 2.53. The maximum absolute atomic E-state index is 14.8. The lowest BCUT2D eigenvalue weighted by atomic mass is 9.82. The van der Waals surface area contributed by atoms with Gasteiger partial charge in [-0.25, -0.2) is 4.79 Å². The summed E-state index contributed by atoms with van der Waals surface area (Å²) in [7, 11) is 1.69. The summed E-state index contributed by atoms with van der Waals surface area (Å²) in [6.45, 7) is 4.37. The van der Waals surface area contributed by atoms with Crippen LogP contribution in [0.2, 0.25) is 5.02 Å². The van der Waals surface area contributed by atoms with Crippen molar-refractivity contribution in [2.75, 3.05) is 57.0 Å². The summed E-state index contributed by atoms with van der Waals surface area (Å²) in [5.41, 5.74) is 0.533. The van der Waals surface area contributed by atoms with Crippen LogP contribution in [0.4, 0.5) is 5.69 Å². The highest BCUT2D eigenvalue weighted by Gasteiger charge is 2.69. The summed E-state index contributed by atoms with van der Waals surface area (Å²) in [5, 5.41) is 15.9. The molecule has 11 heteroatoms. The molecule has 0 amide bonds. The number of rotatable bonds is 7. The molecule has 2 aromatic carbocycles. The van der Waals surface area contributed by atoms with E-state index in [9.17, 15) is 14.9 Å². The molecule has 0 N–H and O–H groups in total. The Morgan fingerprint density at radius 1 is 1.18 bits per heavy atom. The van der Waals surface area contributed by atoms with Crippen molar-refractivity contribution < 1.29 is 23.7 Å². The number of halogens is 1. The Morgan fingerprint density at radius 3 is 2.67 bits per heavy atom. The molecule has 0 aromatic heterocycles. The lowest BCUT2D eigenvalue weighted by Crippen LogP contribution is -2.75. The van der Waals surface area contributed by atoms with Gasteiger partial charge in [-0.05, 0) is 54.6 Å². The van der Waals surface area contributed by atoms with Crippen LogP contribution in [0.5, 0.6) is 5.75 Å². The fourth-order valence-corrected chi connectivity index (χ4v) is 8.18. The second-order valence-electron chi connectivity index (χ2n) is 10.9. The highest BCUT2D eigenvalue weighted by molar-refractivity contribution is 8.03. The van der Waals surface area contributed by atoms with Gasteiger partial charge in [0.05, 0.1) is 47.9 Å². The van der Waals surface area contributed by atoms with Crippen LogP contribution in [0.3, 0.4) is 0 Å². The Morgan fingerprint density at radius 2 is 1.93 bits per heavy atom. The van der Waals surface area contributed by atoms with E-state index >= 15 is 0 Å². The quantitative estimate of drug-likeness (QED) is 0.201. The van der Waals surface area contributed by atoms with Crippen molar-refractivity contribution in [2.24, 2.45) is 0 Å². The second kappa shape index (κ2) is 11.0. The lowest BCUT2D eigenvalue weighted by Gasteiger charge is -2.59. The Bertz CT molecular complexity index is 1320. The fourth-order valence-electron chi connectivity index (χ4n) is 6.65. The van der Waals surface area contributed by atoms with E-state index in [0.717, 1.165) is 42.4 Å². The number of nitroso groups, excluding NO2 is 1. The molecule has 6 rings (SSSR count). The molecule has 4 heterocycles. The van der Waals surface area contributed by atoms with Gasteiger partial charge in [0.15, 0.2) is 11.6 Å². The number of hydroxylamine groups is 3. The molecule has 0 saturated carbocycles. The number of hydrogen-bond donors (Lipinski definition) is 0. The molecule has 2 saturated heterocycles. The van der Waals surface area contributed by atoms with Gasteiger partial charge in [0, 0.05) is 49.1 Å². The monoisotopic (exact) mass is 585 g/mol. The zero-order valence-electron chi connectivity index (χ0n) is 22.5. The molecule has 2 fully saturated rings. The van der Waals surface area contributed by atoms with Crippen molar-refractivity contribution in [3.63, 3.8) is 0 Å². The third-order valence-electron chi connectivity index (χ3n) is 8.84. The van der Waals surface area contributed by atoms with Crippen molar-refractivity contribution in [3.05, 3.63) is 80.3 Å². The molecule has 212 valence electrons. The number of nitrogens with zero attached hydrogens (tertiary/aromatic N) is 4. The van der Waals surface area contributed by atoms with Gasteiger partial charge in [-0.15, -0.1) is 0 Å². The van der Waals surface area contributed by atoms with E-state index < -0.39 is 28.4 Å². The molecule has 2 bridgehead atoms. The van der Waals surface area contributed by atoms with Gasteiger partial charge in [0.2, 0.25) is 0 Å². The van der Waals surface area contributed by atoms with Crippen molar-refractivity contribution in [1.29, 1.82) is 0 Å². The standard InChI is InChI=1S/C29H34ClN4O5S/c1-38-24-6-3-2-5-23(24)32-16-14-31(15-17-32)13-12-26-33(36)27-19-29(20-40-27)25(7-4-18-34(26,29)37)39-28(35)21-8-10-22(30)11-9-21/h2-3,5-6,8-11,19,25-26H,4,7,12-18,20H2,1H3/q+1. The molecular weight excluding hydrogens is 552 g/mol. The van der Waals surface area contributed by atoms with E-state index in [1.807, 2.05) is 18.2 Å². The van der Waals surface area contributed by atoms with Crippen LogP contribution in [0, 0.1) is 10.1 Å². The van der Waals surface area contributed by atoms with Crippen molar-refractivity contribution in [2.45, 2.75) is 37.1 Å². The van der Waals surface area contributed by atoms with Crippen LogP contribution in [0.15, 0.2) is 59.6 Å². The normalized spacial score (nSPS) is 30.0. The SMILES string of the molecule is COc1ccccc1N1CCN(CCC2[N+](=O)C3=CC4(CS3)C(OC(=O)c3ccc(Cl)cc3)CCC[N+]24[O-])CC1. The van der Waals surface area contributed by atoms with Crippen LogP contribution in [0.1, 0.15) is 29.6 Å². The van der Waals surface area contributed by atoms with Crippen LogP contribution in [-0.4, -0.2) is 90.2 Å². The zero-order valence-corrected chi connectivity index (χ0v) is 24.1. The summed E-state index contributed by atoms with van der Waals surface area (Å²) < 4.78 is 11.8. The second-order valence-corrected chi connectivity index (χ2v) is 12.4. The summed E-state index contributed by atoms with van der Waals surface area (Å²) in [5.74, 6) is 0.836.